The van der Waals surface area contributed by atoms with E-state index in [0.29, 0.717) is 12.6 Å². The number of hydrogen-bond acceptors (Lipinski definition) is 3. The monoisotopic (exact) mass is 252 g/mol. The molecule has 0 spiro atoms. The lowest BCUT2D eigenvalue weighted by Gasteiger charge is -2.39. The zero-order chi connectivity index (χ0) is 12.3. The third-order valence-corrected chi connectivity index (χ3v) is 4.41. The number of carbonyl (C=O) groups is 1. The normalized spacial score (nSPS) is 23.3. The molecule has 1 aromatic rings. The van der Waals surface area contributed by atoms with Crippen molar-refractivity contribution in [3.63, 3.8) is 0 Å². The predicted octanol–water partition coefficient (Wildman–Crippen LogP) is 2.26. The molecule has 2 heterocycles. The van der Waals surface area contributed by atoms with Gasteiger partial charge in [-0.3, -0.25) is 4.79 Å². The molecule has 0 aliphatic carbocycles. The molecule has 1 aliphatic heterocycles. The second-order valence-corrected chi connectivity index (χ2v) is 6.23. The Morgan fingerprint density at radius 3 is 3.12 bits per heavy atom. The summed E-state index contributed by atoms with van der Waals surface area (Å²) in [5, 5.41) is 8.45. The molecule has 0 saturated carbocycles. The summed E-state index contributed by atoms with van der Waals surface area (Å²) in [4.78, 5) is 12.6. The maximum atomic E-state index is 11.8. The summed E-state index contributed by atoms with van der Waals surface area (Å²) in [6.07, 6.45) is 2.45. The summed E-state index contributed by atoms with van der Waals surface area (Å²) >= 11 is 1.49. The molecule has 17 heavy (non-hydrogen) atoms. The Morgan fingerprint density at radius 2 is 2.47 bits per heavy atom. The van der Waals surface area contributed by atoms with Crippen molar-refractivity contribution in [3.05, 3.63) is 22.4 Å². The highest BCUT2D eigenvalue weighted by atomic mass is 32.1. The number of amides is 1. The van der Waals surface area contributed by atoms with E-state index in [1.54, 1.807) is 0 Å². The maximum Gasteiger partial charge on any atom is 0.261 e. The van der Waals surface area contributed by atoms with Crippen LogP contribution in [0.4, 0.5) is 0 Å². The van der Waals surface area contributed by atoms with Crippen LogP contribution in [0.1, 0.15) is 36.4 Å². The van der Waals surface area contributed by atoms with Crippen molar-refractivity contribution in [2.75, 3.05) is 13.1 Å². The van der Waals surface area contributed by atoms with Crippen molar-refractivity contribution in [1.82, 2.24) is 10.6 Å². The zero-order valence-corrected chi connectivity index (χ0v) is 11.3. The van der Waals surface area contributed by atoms with Gasteiger partial charge in [0.25, 0.3) is 5.91 Å². The second kappa shape index (κ2) is 5.19. The van der Waals surface area contributed by atoms with E-state index in [-0.39, 0.29) is 11.3 Å². The molecule has 1 saturated heterocycles. The fourth-order valence-electron chi connectivity index (χ4n) is 2.31. The van der Waals surface area contributed by atoms with E-state index in [2.05, 4.69) is 24.5 Å². The topological polar surface area (TPSA) is 41.1 Å². The van der Waals surface area contributed by atoms with E-state index in [9.17, 15) is 4.79 Å². The van der Waals surface area contributed by atoms with E-state index in [0.717, 1.165) is 11.4 Å². The van der Waals surface area contributed by atoms with E-state index in [1.807, 2.05) is 17.5 Å². The number of rotatable bonds is 3. The van der Waals surface area contributed by atoms with Crippen LogP contribution < -0.4 is 10.6 Å². The standard InChI is InChI=1S/C13H20N2OS/c1-13(2)6-4-7-14-11(13)9-15-12(16)10-5-3-8-17-10/h3,5,8,11,14H,4,6-7,9H2,1-2H3,(H,15,16). The lowest BCUT2D eigenvalue weighted by molar-refractivity contribution is 0.0933. The van der Waals surface area contributed by atoms with Gasteiger partial charge in [-0.05, 0) is 36.2 Å². The summed E-state index contributed by atoms with van der Waals surface area (Å²) < 4.78 is 0. The zero-order valence-electron chi connectivity index (χ0n) is 10.5. The van der Waals surface area contributed by atoms with Gasteiger partial charge < -0.3 is 10.6 Å². The minimum atomic E-state index is 0.0446. The first kappa shape index (κ1) is 12.6. The van der Waals surface area contributed by atoms with Gasteiger partial charge in [-0.25, -0.2) is 0 Å². The van der Waals surface area contributed by atoms with Gasteiger partial charge >= 0.3 is 0 Å². The smallest absolute Gasteiger partial charge is 0.261 e. The average molecular weight is 252 g/mol. The van der Waals surface area contributed by atoms with Crippen molar-refractivity contribution >= 4 is 17.2 Å². The van der Waals surface area contributed by atoms with Crippen molar-refractivity contribution < 1.29 is 4.79 Å². The average Bonchev–Trinajstić information content (AvgIpc) is 2.80. The molecule has 2 N–H and O–H groups in total. The van der Waals surface area contributed by atoms with Crippen molar-refractivity contribution in [2.45, 2.75) is 32.7 Å². The van der Waals surface area contributed by atoms with Crippen LogP contribution in [0.5, 0.6) is 0 Å². The largest absolute Gasteiger partial charge is 0.350 e. The molecule has 1 unspecified atom stereocenters. The molecular formula is C13H20N2OS. The predicted molar refractivity (Wildman–Crippen MR) is 71.5 cm³/mol. The molecule has 94 valence electrons. The molecule has 1 fully saturated rings. The molecule has 1 aromatic heterocycles. The van der Waals surface area contributed by atoms with Crippen LogP contribution >= 0.6 is 11.3 Å². The lowest BCUT2D eigenvalue weighted by atomic mass is 9.77. The number of hydrogen-bond donors (Lipinski definition) is 2. The Kier molecular flexibility index (Phi) is 3.84. The SMILES string of the molecule is CC1(C)CCCNC1CNC(=O)c1cccs1. The molecule has 3 nitrogen and oxygen atoms in total. The third kappa shape index (κ3) is 3.07. The highest BCUT2D eigenvalue weighted by Crippen LogP contribution is 2.29. The summed E-state index contributed by atoms with van der Waals surface area (Å²) in [6, 6.07) is 4.14. The summed E-state index contributed by atoms with van der Waals surface area (Å²) in [5.74, 6) is 0.0446. The van der Waals surface area contributed by atoms with Crippen LogP contribution in [0, 0.1) is 5.41 Å². The Balaban J connectivity index is 1.87. The van der Waals surface area contributed by atoms with Crippen LogP contribution in [-0.4, -0.2) is 25.0 Å². The summed E-state index contributed by atoms with van der Waals surface area (Å²) in [6.45, 7) is 6.30. The van der Waals surface area contributed by atoms with Crippen LogP contribution in [0.25, 0.3) is 0 Å². The number of piperidine rings is 1. The van der Waals surface area contributed by atoms with Gasteiger partial charge in [-0.15, -0.1) is 11.3 Å². The Morgan fingerprint density at radius 1 is 1.65 bits per heavy atom. The van der Waals surface area contributed by atoms with Crippen LogP contribution in [0.2, 0.25) is 0 Å². The van der Waals surface area contributed by atoms with Crippen molar-refractivity contribution in [2.24, 2.45) is 5.41 Å². The minimum absolute atomic E-state index is 0.0446. The van der Waals surface area contributed by atoms with Gasteiger partial charge in [0.1, 0.15) is 0 Å². The quantitative estimate of drug-likeness (QED) is 0.866. The fourth-order valence-corrected chi connectivity index (χ4v) is 2.95. The van der Waals surface area contributed by atoms with Crippen molar-refractivity contribution in [3.8, 4) is 0 Å². The Hall–Kier alpha value is -0.870. The van der Waals surface area contributed by atoms with Crippen LogP contribution in [0.15, 0.2) is 17.5 Å². The minimum Gasteiger partial charge on any atom is -0.350 e. The first-order valence-electron chi connectivity index (χ1n) is 6.15. The highest BCUT2D eigenvalue weighted by molar-refractivity contribution is 7.12. The summed E-state index contributed by atoms with van der Waals surface area (Å²) in [5.41, 5.74) is 0.265. The van der Waals surface area contributed by atoms with Crippen molar-refractivity contribution in [1.29, 1.82) is 0 Å². The first-order chi connectivity index (χ1) is 8.09. The lowest BCUT2D eigenvalue weighted by Crippen LogP contribution is -2.52. The van der Waals surface area contributed by atoms with Gasteiger partial charge in [-0.1, -0.05) is 19.9 Å². The van der Waals surface area contributed by atoms with Crippen LogP contribution in [0.3, 0.4) is 0 Å². The molecule has 0 aromatic carbocycles. The van der Waals surface area contributed by atoms with Gasteiger partial charge in [0, 0.05) is 12.6 Å². The number of carbonyl (C=O) groups excluding carboxylic acids is 1. The number of nitrogens with one attached hydrogen (secondary N) is 2. The molecule has 1 atom stereocenters. The molecule has 0 bridgehead atoms. The fraction of sp³-hybridized carbons (Fsp3) is 0.615. The third-order valence-electron chi connectivity index (χ3n) is 3.54. The first-order valence-corrected chi connectivity index (χ1v) is 7.03. The molecule has 0 radical (unpaired) electrons. The second-order valence-electron chi connectivity index (χ2n) is 5.29. The molecule has 2 rings (SSSR count). The van der Waals surface area contributed by atoms with Gasteiger partial charge in [0.05, 0.1) is 4.88 Å². The van der Waals surface area contributed by atoms with Crippen LogP contribution in [-0.2, 0) is 0 Å². The molecule has 1 aliphatic rings. The van der Waals surface area contributed by atoms with Gasteiger partial charge in [0.2, 0.25) is 0 Å². The van der Waals surface area contributed by atoms with E-state index in [1.165, 1.54) is 24.2 Å². The molecular weight excluding hydrogens is 232 g/mol. The van der Waals surface area contributed by atoms with E-state index < -0.39 is 0 Å². The summed E-state index contributed by atoms with van der Waals surface area (Å²) in [7, 11) is 0. The van der Waals surface area contributed by atoms with Gasteiger partial charge in [0.15, 0.2) is 0 Å². The highest BCUT2D eigenvalue weighted by Gasteiger charge is 2.31. The van der Waals surface area contributed by atoms with Gasteiger partial charge in [-0.2, -0.15) is 0 Å². The molecule has 1 amide bonds. The maximum absolute atomic E-state index is 11.8. The Labute approximate surface area is 107 Å². The van der Waals surface area contributed by atoms with E-state index >= 15 is 0 Å². The Bertz CT molecular complexity index is 373. The molecule has 4 heteroatoms. The number of thiophene rings is 1. The van der Waals surface area contributed by atoms with E-state index in [4.69, 9.17) is 0 Å².